The zero-order chi connectivity index (χ0) is 13.0. The zero-order valence-corrected chi connectivity index (χ0v) is 12.3. The van der Waals surface area contributed by atoms with Crippen molar-refractivity contribution in [3.8, 4) is 0 Å². The standard InChI is InChI=1S/C14H12BrNOS/c1-10-3-2-4-11(7-10)13(17)9-18-14-6-5-12(15)8-16-14/h2-8H,9H2,1H3. The Morgan fingerprint density at radius 1 is 1.33 bits per heavy atom. The van der Waals surface area contributed by atoms with Gasteiger partial charge in [0.05, 0.1) is 10.8 Å². The number of thioether (sulfide) groups is 1. The number of benzene rings is 1. The monoisotopic (exact) mass is 321 g/mol. The van der Waals surface area contributed by atoms with Gasteiger partial charge in [0.2, 0.25) is 0 Å². The summed E-state index contributed by atoms with van der Waals surface area (Å²) in [6.07, 6.45) is 1.74. The lowest BCUT2D eigenvalue weighted by molar-refractivity contribution is 0.102. The number of rotatable bonds is 4. The molecule has 0 bridgehead atoms. The first-order valence-electron chi connectivity index (χ1n) is 5.49. The summed E-state index contributed by atoms with van der Waals surface area (Å²) in [5.41, 5.74) is 1.87. The molecule has 0 atom stereocenters. The molecule has 0 aliphatic heterocycles. The van der Waals surface area contributed by atoms with E-state index in [2.05, 4.69) is 20.9 Å². The van der Waals surface area contributed by atoms with E-state index in [0.717, 1.165) is 20.6 Å². The van der Waals surface area contributed by atoms with E-state index in [4.69, 9.17) is 0 Å². The Labute approximate surface area is 119 Å². The number of aryl methyl sites for hydroxylation is 1. The Balaban J connectivity index is 1.98. The number of pyridine rings is 1. The predicted molar refractivity (Wildman–Crippen MR) is 78.2 cm³/mol. The van der Waals surface area contributed by atoms with Gasteiger partial charge in [0.25, 0.3) is 0 Å². The average Bonchev–Trinajstić information content (AvgIpc) is 2.38. The fourth-order valence-electron chi connectivity index (χ4n) is 1.49. The van der Waals surface area contributed by atoms with Crippen LogP contribution in [0.15, 0.2) is 52.1 Å². The quantitative estimate of drug-likeness (QED) is 0.626. The Morgan fingerprint density at radius 2 is 2.17 bits per heavy atom. The summed E-state index contributed by atoms with van der Waals surface area (Å²) in [7, 11) is 0. The maximum Gasteiger partial charge on any atom is 0.173 e. The van der Waals surface area contributed by atoms with E-state index < -0.39 is 0 Å². The summed E-state index contributed by atoms with van der Waals surface area (Å²) in [5.74, 6) is 0.548. The van der Waals surface area contributed by atoms with Crippen LogP contribution < -0.4 is 0 Å². The molecule has 0 amide bonds. The van der Waals surface area contributed by atoms with Crippen LogP contribution in [-0.2, 0) is 0 Å². The molecule has 92 valence electrons. The molecule has 0 radical (unpaired) electrons. The number of hydrogen-bond acceptors (Lipinski definition) is 3. The van der Waals surface area contributed by atoms with E-state index in [1.54, 1.807) is 6.20 Å². The topological polar surface area (TPSA) is 30.0 Å². The number of nitrogens with zero attached hydrogens (tertiary/aromatic N) is 1. The van der Waals surface area contributed by atoms with E-state index in [9.17, 15) is 4.79 Å². The van der Waals surface area contributed by atoms with Crippen molar-refractivity contribution in [2.45, 2.75) is 11.9 Å². The molecule has 1 aromatic heterocycles. The van der Waals surface area contributed by atoms with Gasteiger partial charge in [-0.3, -0.25) is 4.79 Å². The molecular weight excluding hydrogens is 310 g/mol. The van der Waals surface area contributed by atoms with Crippen LogP contribution >= 0.6 is 27.7 Å². The van der Waals surface area contributed by atoms with Crippen LogP contribution in [0.5, 0.6) is 0 Å². The maximum absolute atomic E-state index is 12.0. The first kappa shape index (κ1) is 13.3. The highest BCUT2D eigenvalue weighted by Gasteiger charge is 2.07. The van der Waals surface area contributed by atoms with Gasteiger partial charge >= 0.3 is 0 Å². The van der Waals surface area contributed by atoms with E-state index in [-0.39, 0.29) is 5.78 Å². The van der Waals surface area contributed by atoms with Gasteiger partial charge in [-0.15, -0.1) is 0 Å². The molecule has 0 aliphatic rings. The Hall–Kier alpha value is -1.13. The van der Waals surface area contributed by atoms with Gasteiger partial charge in [0, 0.05) is 16.2 Å². The van der Waals surface area contributed by atoms with E-state index >= 15 is 0 Å². The van der Waals surface area contributed by atoms with Crippen LogP contribution in [0, 0.1) is 6.92 Å². The summed E-state index contributed by atoms with van der Waals surface area (Å²) >= 11 is 4.79. The lowest BCUT2D eigenvalue weighted by Crippen LogP contribution is -2.02. The predicted octanol–water partition coefficient (Wildman–Crippen LogP) is 4.13. The number of carbonyl (C=O) groups is 1. The van der Waals surface area contributed by atoms with Crippen molar-refractivity contribution in [1.29, 1.82) is 0 Å². The summed E-state index contributed by atoms with van der Waals surface area (Å²) in [4.78, 5) is 16.2. The molecule has 2 nitrogen and oxygen atoms in total. The maximum atomic E-state index is 12.0. The van der Waals surface area contributed by atoms with Crippen molar-refractivity contribution in [3.63, 3.8) is 0 Å². The highest BCUT2D eigenvalue weighted by molar-refractivity contribution is 9.10. The van der Waals surface area contributed by atoms with E-state index in [1.165, 1.54) is 11.8 Å². The highest BCUT2D eigenvalue weighted by Crippen LogP contribution is 2.19. The average molecular weight is 322 g/mol. The minimum absolute atomic E-state index is 0.133. The molecule has 2 rings (SSSR count). The van der Waals surface area contributed by atoms with Crippen LogP contribution in [0.2, 0.25) is 0 Å². The fraction of sp³-hybridized carbons (Fsp3) is 0.143. The highest BCUT2D eigenvalue weighted by atomic mass is 79.9. The first-order valence-corrected chi connectivity index (χ1v) is 7.27. The number of halogens is 1. The number of carbonyl (C=O) groups excluding carboxylic acids is 1. The van der Waals surface area contributed by atoms with Gasteiger partial charge in [-0.25, -0.2) is 4.98 Å². The lowest BCUT2D eigenvalue weighted by atomic mass is 10.1. The van der Waals surface area contributed by atoms with Crippen molar-refractivity contribution >= 4 is 33.5 Å². The second-order valence-corrected chi connectivity index (χ2v) is 5.81. The van der Waals surface area contributed by atoms with E-state index in [0.29, 0.717) is 5.75 Å². The van der Waals surface area contributed by atoms with Crippen LogP contribution in [0.3, 0.4) is 0 Å². The SMILES string of the molecule is Cc1cccc(C(=O)CSc2ccc(Br)cn2)c1. The van der Waals surface area contributed by atoms with Crippen molar-refractivity contribution in [2.75, 3.05) is 5.75 Å². The zero-order valence-electron chi connectivity index (χ0n) is 9.89. The van der Waals surface area contributed by atoms with Crippen LogP contribution in [0.4, 0.5) is 0 Å². The summed E-state index contributed by atoms with van der Waals surface area (Å²) in [6.45, 7) is 1.99. The molecule has 0 N–H and O–H groups in total. The summed E-state index contributed by atoms with van der Waals surface area (Å²) < 4.78 is 0.942. The van der Waals surface area contributed by atoms with Gasteiger partial charge in [-0.2, -0.15) is 0 Å². The van der Waals surface area contributed by atoms with Crippen molar-refractivity contribution in [2.24, 2.45) is 0 Å². The molecule has 1 aromatic carbocycles. The molecule has 0 unspecified atom stereocenters. The number of Topliss-reactive ketones (excluding diaryl/α,β-unsaturated/α-hetero) is 1. The molecule has 0 aliphatic carbocycles. The van der Waals surface area contributed by atoms with Gasteiger partial charge in [-0.05, 0) is 41.1 Å². The van der Waals surface area contributed by atoms with Crippen molar-refractivity contribution in [3.05, 3.63) is 58.2 Å². The largest absolute Gasteiger partial charge is 0.293 e. The number of aromatic nitrogens is 1. The Bertz CT molecular complexity index is 554. The molecule has 0 saturated carbocycles. The Morgan fingerprint density at radius 3 is 2.83 bits per heavy atom. The third kappa shape index (κ3) is 3.68. The summed E-state index contributed by atoms with van der Waals surface area (Å²) in [5, 5.41) is 0.860. The minimum atomic E-state index is 0.133. The molecular formula is C14H12BrNOS. The van der Waals surface area contributed by atoms with E-state index in [1.807, 2.05) is 43.3 Å². The smallest absolute Gasteiger partial charge is 0.173 e. The fourth-order valence-corrected chi connectivity index (χ4v) is 2.46. The molecule has 1 heterocycles. The Kier molecular flexibility index (Phi) is 4.55. The lowest BCUT2D eigenvalue weighted by Gasteiger charge is -2.02. The third-order valence-corrected chi connectivity index (χ3v) is 3.80. The molecule has 0 saturated heterocycles. The second kappa shape index (κ2) is 6.16. The molecule has 18 heavy (non-hydrogen) atoms. The third-order valence-electron chi connectivity index (χ3n) is 2.39. The van der Waals surface area contributed by atoms with Gasteiger partial charge in [0.15, 0.2) is 5.78 Å². The van der Waals surface area contributed by atoms with Gasteiger partial charge in [0.1, 0.15) is 0 Å². The number of ketones is 1. The normalized spacial score (nSPS) is 10.3. The molecule has 0 fully saturated rings. The van der Waals surface area contributed by atoms with Gasteiger partial charge < -0.3 is 0 Å². The number of hydrogen-bond donors (Lipinski definition) is 0. The molecule has 0 spiro atoms. The molecule has 4 heteroatoms. The summed E-state index contributed by atoms with van der Waals surface area (Å²) in [6, 6.07) is 11.5. The van der Waals surface area contributed by atoms with Crippen molar-refractivity contribution in [1.82, 2.24) is 4.98 Å². The van der Waals surface area contributed by atoms with Crippen molar-refractivity contribution < 1.29 is 4.79 Å². The van der Waals surface area contributed by atoms with Crippen LogP contribution in [0.1, 0.15) is 15.9 Å². The van der Waals surface area contributed by atoms with Crippen LogP contribution in [0.25, 0.3) is 0 Å². The minimum Gasteiger partial charge on any atom is -0.293 e. The van der Waals surface area contributed by atoms with Crippen LogP contribution in [-0.4, -0.2) is 16.5 Å². The van der Waals surface area contributed by atoms with Gasteiger partial charge in [-0.1, -0.05) is 35.5 Å². The first-order chi connectivity index (χ1) is 8.65. The molecule has 2 aromatic rings. The second-order valence-electron chi connectivity index (χ2n) is 3.90.